The lowest BCUT2D eigenvalue weighted by molar-refractivity contribution is -0.122. The van der Waals surface area contributed by atoms with Gasteiger partial charge in [0.2, 0.25) is 0 Å². The van der Waals surface area contributed by atoms with E-state index in [1.54, 1.807) is 0 Å². The maximum absolute atomic E-state index is 8.81. The van der Waals surface area contributed by atoms with Crippen LogP contribution in [0.3, 0.4) is 0 Å². The molecule has 1 rings (SSSR count). The van der Waals surface area contributed by atoms with Gasteiger partial charge in [0, 0.05) is 0 Å². The first kappa shape index (κ1) is 14.1. The van der Waals surface area contributed by atoms with Crippen LogP contribution in [0.1, 0.15) is 0 Å². The molecule has 3 N–H and O–H groups in total. The summed E-state index contributed by atoms with van der Waals surface area (Å²) in [5.74, 6) is 0. The Morgan fingerprint density at radius 2 is 1.08 bits per heavy atom. The van der Waals surface area contributed by atoms with Gasteiger partial charge in [0.25, 0.3) is 6.47 Å². The number of thiol groups is 1. The molecule has 13 heavy (non-hydrogen) atoms. The van der Waals surface area contributed by atoms with Crippen molar-refractivity contribution in [3.05, 3.63) is 36.4 Å². The van der Waals surface area contributed by atoms with E-state index in [0.717, 1.165) is 0 Å². The Kier molecular flexibility index (Phi) is 14.4. The molecule has 0 amide bonds. The van der Waals surface area contributed by atoms with Crippen LogP contribution in [0.5, 0.6) is 0 Å². The quantitative estimate of drug-likeness (QED) is 0.405. The van der Waals surface area contributed by atoms with Gasteiger partial charge in [-0.2, -0.15) is 0 Å². The Labute approximate surface area is 77.9 Å². The van der Waals surface area contributed by atoms with Crippen LogP contribution in [0.25, 0.3) is 0 Å². The molecule has 6 heteroatoms. The molecular weight excluding hydrogens is 194 g/mol. The van der Waals surface area contributed by atoms with Crippen LogP contribution < -0.4 is 5.14 Å². The summed E-state index contributed by atoms with van der Waals surface area (Å²) in [6.45, 7) is -0.250. The van der Waals surface area contributed by atoms with Crippen molar-refractivity contribution < 1.29 is 18.3 Å². The first-order chi connectivity index (χ1) is 6.15. The molecule has 0 fully saturated rings. The Balaban J connectivity index is 0. The lowest BCUT2D eigenvalue weighted by Gasteiger charge is -1.69. The van der Waals surface area contributed by atoms with Crippen LogP contribution >= 0.6 is 0 Å². The molecule has 1 aromatic rings. The van der Waals surface area contributed by atoms with E-state index >= 15 is 0 Å². The van der Waals surface area contributed by atoms with Crippen LogP contribution in [0.4, 0.5) is 0 Å². The number of hydrogen-bond donors (Lipinski definition) is 3. The van der Waals surface area contributed by atoms with Crippen LogP contribution in [-0.4, -0.2) is 20.0 Å². The second-order valence-corrected chi connectivity index (χ2v) is 2.12. The molecule has 74 valence electrons. The van der Waals surface area contributed by atoms with Gasteiger partial charge in [-0.3, -0.25) is 4.79 Å². The Hall–Kier alpha value is -1.40. The van der Waals surface area contributed by atoms with Gasteiger partial charge in [0.1, 0.15) is 0 Å². The summed E-state index contributed by atoms with van der Waals surface area (Å²) in [5, 5.41) is 11.0. The summed E-state index contributed by atoms with van der Waals surface area (Å²) in [5.41, 5.74) is 0. The Morgan fingerprint density at radius 1 is 1.00 bits per heavy atom. The summed E-state index contributed by atoms with van der Waals surface area (Å²) in [4.78, 5) is 8.36. The van der Waals surface area contributed by atoms with E-state index in [2.05, 4.69) is 5.14 Å². The number of nitrogens with two attached hydrogens (primary N) is 1. The summed E-state index contributed by atoms with van der Waals surface area (Å²) in [6.07, 6.45) is 0. The monoisotopic (exact) mass is 205 g/mol. The SMILES string of the molecule is N[SH](=O)=O.O=CO.c1ccccc1. The molecule has 0 aliphatic carbocycles. The van der Waals surface area contributed by atoms with Crippen molar-refractivity contribution in [1.29, 1.82) is 0 Å². The van der Waals surface area contributed by atoms with Crippen LogP contribution in [0, 0.1) is 0 Å². The van der Waals surface area contributed by atoms with Gasteiger partial charge in [0.15, 0.2) is 10.9 Å². The molecule has 0 atom stereocenters. The third-order valence-electron chi connectivity index (χ3n) is 0.667. The maximum atomic E-state index is 8.81. The standard InChI is InChI=1S/C6H6.CH2O2.H3NO2S/c1-2-4-6-5-3-1;2-1-3;1-4(2)3/h1-6H;1H,(H,2,3);4H,(H2,1,2,3). The highest BCUT2D eigenvalue weighted by Crippen LogP contribution is 1.79. The van der Waals surface area contributed by atoms with E-state index in [-0.39, 0.29) is 6.47 Å². The fraction of sp³-hybridized carbons (Fsp3) is 0. The summed E-state index contributed by atoms with van der Waals surface area (Å²) in [6, 6.07) is 12.0. The van der Waals surface area contributed by atoms with Gasteiger partial charge >= 0.3 is 0 Å². The summed E-state index contributed by atoms with van der Waals surface area (Å²) >= 11 is 0. The molecule has 0 aliphatic rings. The molecule has 0 heterocycles. The third kappa shape index (κ3) is 37.0. The predicted octanol–water partition coefficient (Wildman–Crippen LogP) is -0.141. The van der Waals surface area contributed by atoms with E-state index in [4.69, 9.17) is 18.3 Å². The van der Waals surface area contributed by atoms with Gasteiger partial charge < -0.3 is 5.11 Å². The molecule has 0 saturated carbocycles. The zero-order valence-corrected chi connectivity index (χ0v) is 7.63. The first-order valence-electron chi connectivity index (χ1n) is 3.12. The zero-order valence-electron chi connectivity index (χ0n) is 6.74. The highest BCUT2D eigenvalue weighted by atomic mass is 32.2. The van der Waals surface area contributed by atoms with Gasteiger partial charge in [0.05, 0.1) is 0 Å². The van der Waals surface area contributed by atoms with Crippen molar-refractivity contribution in [2.45, 2.75) is 0 Å². The van der Waals surface area contributed by atoms with E-state index < -0.39 is 10.9 Å². The molecular formula is C7H11NO4S. The topological polar surface area (TPSA) is 97.5 Å². The fourth-order valence-electron chi connectivity index (χ4n) is 0.385. The number of benzene rings is 1. The van der Waals surface area contributed by atoms with Crippen molar-refractivity contribution in [1.82, 2.24) is 0 Å². The minimum atomic E-state index is -2.62. The van der Waals surface area contributed by atoms with E-state index in [1.807, 2.05) is 36.4 Å². The smallest absolute Gasteiger partial charge is 0.290 e. The van der Waals surface area contributed by atoms with E-state index in [1.165, 1.54) is 0 Å². The van der Waals surface area contributed by atoms with E-state index in [0.29, 0.717) is 0 Å². The van der Waals surface area contributed by atoms with Crippen molar-refractivity contribution in [3.8, 4) is 0 Å². The Bertz CT molecular complexity index is 226. The summed E-state index contributed by atoms with van der Waals surface area (Å²) in [7, 11) is -2.62. The predicted molar refractivity (Wildman–Crippen MR) is 49.6 cm³/mol. The summed E-state index contributed by atoms with van der Waals surface area (Å²) < 4.78 is 17.6. The van der Waals surface area contributed by atoms with Gasteiger partial charge in [-0.1, -0.05) is 36.4 Å². The van der Waals surface area contributed by atoms with Crippen molar-refractivity contribution in [2.75, 3.05) is 0 Å². The maximum Gasteiger partial charge on any atom is 0.290 e. The number of carboxylic acid groups (broad SMARTS) is 1. The first-order valence-corrected chi connectivity index (χ1v) is 4.36. The third-order valence-corrected chi connectivity index (χ3v) is 0.667. The Morgan fingerprint density at radius 3 is 1.15 bits per heavy atom. The highest BCUT2D eigenvalue weighted by Gasteiger charge is 1.57. The van der Waals surface area contributed by atoms with E-state index in [9.17, 15) is 0 Å². The molecule has 0 saturated heterocycles. The van der Waals surface area contributed by atoms with Crippen LogP contribution in [0.15, 0.2) is 36.4 Å². The zero-order chi connectivity index (χ0) is 10.5. The second kappa shape index (κ2) is 13.2. The second-order valence-electron chi connectivity index (χ2n) is 1.55. The number of rotatable bonds is 0. The van der Waals surface area contributed by atoms with Crippen molar-refractivity contribution in [3.63, 3.8) is 0 Å². The van der Waals surface area contributed by atoms with Crippen LogP contribution in [0.2, 0.25) is 0 Å². The molecule has 0 unspecified atom stereocenters. The molecule has 5 nitrogen and oxygen atoms in total. The van der Waals surface area contributed by atoms with Crippen molar-refractivity contribution >= 4 is 17.4 Å². The lowest BCUT2D eigenvalue weighted by atomic mass is 10.4. The van der Waals surface area contributed by atoms with Crippen LogP contribution in [-0.2, 0) is 15.7 Å². The average Bonchev–Trinajstić information content (AvgIpc) is 2.08. The van der Waals surface area contributed by atoms with Crippen molar-refractivity contribution in [2.24, 2.45) is 5.14 Å². The molecule has 0 aliphatic heterocycles. The molecule has 0 aromatic heterocycles. The number of carbonyl (C=O) groups is 1. The minimum Gasteiger partial charge on any atom is -0.483 e. The van der Waals surface area contributed by atoms with Gasteiger partial charge in [-0.05, 0) is 0 Å². The largest absolute Gasteiger partial charge is 0.483 e. The molecule has 1 aromatic carbocycles. The lowest BCUT2D eigenvalue weighted by Crippen LogP contribution is -1.85. The highest BCUT2D eigenvalue weighted by molar-refractivity contribution is 7.69. The van der Waals surface area contributed by atoms with Gasteiger partial charge in [-0.15, -0.1) is 0 Å². The van der Waals surface area contributed by atoms with Gasteiger partial charge in [-0.25, -0.2) is 13.6 Å². The normalized spacial score (nSPS) is 7.23. The minimum absolute atomic E-state index is 0.250. The fourth-order valence-corrected chi connectivity index (χ4v) is 0.385. The molecule has 0 radical (unpaired) electrons. The molecule has 0 spiro atoms. The number of hydrogen-bond acceptors (Lipinski definition) is 3. The average molecular weight is 205 g/mol. The molecule has 0 bridgehead atoms.